The van der Waals surface area contributed by atoms with E-state index in [2.05, 4.69) is 21.8 Å². The van der Waals surface area contributed by atoms with Crippen LogP contribution in [0.25, 0.3) is 0 Å². The highest BCUT2D eigenvalue weighted by atomic mass is 32.2. The Morgan fingerprint density at radius 1 is 1.52 bits per heavy atom. The second-order valence-electron chi connectivity index (χ2n) is 5.95. The van der Waals surface area contributed by atoms with Crippen molar-refractivity contribution in [3.63, 3.8) is 0 Å². The first kappa shape index (κ1) is 16.0. The van der Waals surface area contributed by atoms with E-state index in [0.29, 0.717) is 24.5 Å². The topological polar surface area (TPSA) is 112 Å². The average Bonchev–Trinajstić information content (AvgIpc) is 2.85. The lowest BCUT2D eigenvalue weighted by Crippen LogP contribution is -2.45. The molecule has 3 N–H and O–H groups in total. The molecular formula is C13H21N3O4S. The minimum Gasteiger partial charge on any atom is -0.481 e. The summed E-state index contributed by atoms with van der Waals surface area (Å²) in [5.74, 6) is -0.439. The summed E-state index contributed by atoms with van der Waals surface area (Å²) in [5.41, 5.74) is -0.568. The second kappa shape index (κ2) is 5.76. The molecule has 1 saturated carbocycles. The summed E-state index contributed by atoms with van der Waals surface area (Å²) in [4.78, 5) is 11.7. The van der Waals surface area contributed by atoms with E-state index in [0.717, 1.165) is 12.8 Å². The highest BCUT2D eigenvalue weighted by Gasteiger charge is 2.42. The van der Waals surface area contributed by atoms with Gasteiger partial charge in [-0.05, 0) is 38.5 Å². The zero-order valence-corrected chi connectivity index (χ0v) is 13.0. The zero-order valence-electron chi connectivity index (χ0n) is 12.2. The number of hydrogen-bond acceptors (Lipinski definition) is 4. The van der Waals surface area contributed by atoms with Gasteiger partial charge in [-0.1, -0.05) is 6.92 Å². The Balaban J connectivity index is 2.13. The first-order valence-corrected chi connectivity index (χ1v) is 8.48. The Bertz CT molecular complexity index is 615. The molecule has 21 heavy (non-hydrogen) atoms. The number of carboxylic acid groups (broad SMARTS) is 1. The van der Waals surface area contributed by atoms with Crippen molar-refractivity contribution >= 4 is 16.0 Å². The lowest BCUT2D eigenvalue weighted by atomic mass is 9.71. The normalized spacial score (nSPS) is 26.7. The first-order chi connectivity index (χ1) is 9.77. The fraction of sp³-hybridized carbons (Fsp3) is 0.692. The largest absolute Gasteiger partial charge is 0.481 e. The molecular weight excluding hydrogens is 294 g/mol. The highest BCUT2D eigenvalue weighted by molar-refractivity contribution is 7.89. The Labute approximate surface area is 124 Å². The minimum absolute atomic E-state index is 0.0622. The number of aliphatic carboxylic acids is 1. The maximum atomic E-state index is 12.2. The number of nitrogens with one attached hydrogen (secondary N) is 2. The third-order valence-corrected chi connectivity index (χ3v) is 5.87. The van der Waals surface area contributed by atoms with Gasteiger partial charge in [0, 0.05) is 6.54 Å². The molecule has 7 nitrogen and oxygen atoms in total. The molecule has 0 aromatic carbocycles. The number of aromatic nitrogens is 2. The molecule has 118 valence electrons. The predicted octanol–water partition coefficient (Wildman–Crippen LogP) is 1.28. The van der Waals surface area contributed by atoms with Gasteiger partial charge in [0.1, 0.15) is 4.90 Å². The predicted molar refractivity (Wildman–Crippen MR) is 76.2 cm³/mol. The van der Waals surface area contributed by atoms with Crippen LogP contribution in [0.1, 0.15) is 38.3 Å². The summed E-state index contributed by atoms with van der Waals surface area (Å²) in [7, 11) is -3.74. The zero-order chi connectivity index (χ0) is 15.7. The number of aryl methyl sites for hydroxylation is 1. The van der Waals surface area contributed by atoms with Crippen molar-refractivity contribution in [3.8, 4) is 0 Å². The quantitative estimate of drug-likeness (QED) is 0.757. The molecule has 0 saturated heterocycles. The van der Waals surface area contributed by atoms with E-state index in [9.17, 15) is 18.3 Å². The van der Waals surface area contributed by atoms with Crippen LogP contribution >= 0.6 is 0 Å². The summed E-state index contributed by atoms with van der Waals surface area (Å²) in [6.45, 7) is 3.61. The number of sulfonamides is 1. The number of carbonyl (C=O) groups is 1. The fourth-order valence-electron chi connectivity index (χ4n) is 2.70. The molecule has 1 aliphatic carbocycles. The monoisotopic (exact) mass is 315 g/mol. The van der Waals surface area contributed by atoms with Crippen molar-refractivity contribution in [2.24, 2.45) is 11.3 Å². The Morgan fingerprint density at radius 3 is 2.62 bits per heavy atom. The van der Waals surface area contributed by atoms with E-state index in [1.807, 2.05) is 0 Å². The molecule has 0 radical (unpaired) electrons. The lowest BCUT2D eigenvalue weighted by molar-refractivity contribution is -0.151. The maximum absolute atomic E-state index is 12.2. The number of carboxylic acids is 1. The van der Waals surface area contributed by atoms with Crippen molar-refractivity contribution in [1.82, 2.24) is 14.9 Å². The van der Waals surface area contributed by atoms with E-state index >= 15 is 0 Å². The summed E-state index contributed by atoms with van der Waals surface area (Å²) in [5, 5.41) is 15.8. The van der Waals surface area contributed by atoms with Crippen LogP contribution in [0.5, 0.6) is 0 Å². The third-order valence-electron chi connectivity index (χ3n) is 4.36. The number of rotatable bonds is 5. The number of H-pyrrole nitrogens is 1. The van der Waals surface area contributed by atoms with Crippen LogP contribution in [-0.2, 0) is 14.8 Å². The van der Waals surface area contributed by atoms with Gasteiger partial charge in [-0.3, -0.25) is 9.89 Å². The van der Waals surface area contributed by atoms with Gasteiger partial charge in [0.15, 0.2) is 0 Å². The molecule has 1 aliphatic rings. The summed E-state index contributed by atoms with van der Waals surface area (Å²) >= 11 is 0. The van der Waals surface area contributed by atoms with Gasteiger partial charge < -0.3 is 5.11 Å². The Kier molecular flexibility index (Phi) is 4.38. The van der Waals surface area contributed by atoms with Gasteiger partial charge in [-0.15, -0.1) is 0 Å². The smallest absolute Gasteiger partial charge is 0.310 e. The minimum atomic E-state index is -3.74. The summed E-state index contributed by atoms with van der Waals surface area (Å²) in [6.07, 6.45) is 3.83. The van der Waals surface area contributed by atoms with Gasteiger partial charge in [0.2, 0.25) is 10.0 Å². The highest BCUT2D eigenvalue weighted by Crippen LogP contribution is 2.39. The molecule has 1 aromatic rings. The maximum Gasteiger partial charge on any atom is 0.310 e. The van der Waals surface area contributed by atoms with Gasteiger partial charge in [0.25, 0.3) is 0 Å². The van der Waals surface area contributed by atoms with Crippen molar-refractivity contribution in [2.45, 2.75) is 44.4 Å². The van der Waals surface area contributed by atoms with Gasteiger partial charge in [-0.2, -0.15) is 5.10 Å². The summed E-state index contributed by atoms with van der Waals surface area (Å²) < 4.78 is 26.9. The third kappa shape index (κ3) is 3.26. The molecule has 0 spiro atoms. The number of hydrogen-bond donors (Lipinski definition) is 3. The van der Waals surface area contributed by atoms with Crippen molar-refractivity contribution < 1.29 is 18.3 Å². The fourth-order valence-corrected chi connectivity index (χ4v) is 3.96. The first-order valence-electron chi connectivity index (χ1n) is 7.00. The molecule has 0 aliphatic heterocycles. The van der Waals surface area contributed by atoms with Crippen LogP contribution in [0, 0.1) is 18.3 Å². The molecule has 1 heterocycles. The van der Waals surface area contributed by atoms with Crippen molar-refractivity contribution in [2.75, 3.05) is 6.54 Å². The second-order valence-corrected chi connectivity index (χ2v) is 7.69. The van der Waals surface area contributed by atoms with Crippen molar-refractivity contribution in [3.05, 3.63) is 11.9 Å². The molecule has 0 amide bonds. The standard InChI is InChI=1S/C13H21N3O4S/c1-9-3-5-13(6-4-9,12(17)18)8-15-21(19,20)11-7-14-16-10(11)2/h7,9,15H,3-6,8H2,1-2H3,(H,14,16)(H,17,18). The SMILES string of the molecule is Cc1[nH]ncc1S(=O)(=O)NCC1(C(=O)O)CCC(C)CC1. The molecule has 2 rings (SSSR count). The van der Waals surface area contributed by atoms with Crippen LogP contribution in [-0.4, -0.2) is 36.2 Å². The van der Waals surface area contributed by atoms with Crippen LogP contribution in [0.4, 0.5) is 0 Å². The van der Waals surface area contributed by atoms with Crippen LogP contribution in [0.15, 0.2) is 11.1 Å². The van der Waals surface area contributed by atoms with E-state index < -0.39 is 21.4 Å². The Hall–Kier alpha value is -1.41. The molecule has 0 bridgehead atoms. The summed E-state index contributed by atoms with van der Waals surface area (Å²) in [6, 6.07) is 0. The molecule has 0 atom stereocenters. The molecule has 8 heteroatoms. The number of aromatic amines is 1. The van der Waals surface area contributed by atoms with E-state index in [1.54, 1.807) is 6.92 Å². The van der Waals surface area contributed by atoms with Crippen LogP contribution in [0.3, 0.4) is 0 Å². The molecule has 0 unspecified atom stereocenters. The van der Waals surface area contributed by atoms with E-state index in [1.165, 1.54) is 6.20 Å². The lowest BCUT2D eigenvalue weighted by Gasteiger charge is -2.35. The molecule has 1 fully saturated rings. The van der Waals surface area contributed by atoms with Crippen LogP contribution in [0.2, 0.25) is 0 Å². The Morgan fingerprint density at radius 2 is 2.14 bits per heavy atom. The van der Waals surface area contributed by atoms with Gasteiger partial charge >= 0.3 is 5.97 Å². The van der Waals surface area contributed by atoms with Crippen LogP contribution < -0.4 is 4.72 Å². The van der Waals surface area contributed by atoms with Gasteiger partial charge in [0.05, 0.1) is 17.3 Å². The number of nitrogens with zero attached hydrogens (tertiary/aromatic N) is 1. The van der Waals surface area contributed by atoms with Crippen molar-refractivity contribution in [1.29, 1.82) is 0 Å². The van der Waals surface area contributed by atoms with Gasteiger partial charge in [-0.25, -0.2) is 13.1 Å². The molecule has 1 aromatic heterocycles. The van der Waals surface area contributed by atoms with E-state index in [-0.39, 0.29) is 11.4 Å². The average molecular weight is 315 g/mol. The van der Waals surface area contributed by atoms with E-state index in [4.69, 9.17) is 0 Å².